The Morgan fingerprint density at radius 1 is 1.40 bits per heavy atom. The Labute approximate surface area is 121 Å². The van der Waals surface area contributed by atoms with Crippen molar-refractivity contribution in [3.8, 4) is 11.5 Å². The van der Waals surface area contributed by atoms with E-state index < -0.39 is 0 Å². The molecule has 1 aromatic carbocycles. The predicted molar refractivity (Wildman–Crippen MR) is 79.4 cm³/mol. The van der Waals surface area contributed by atoms with Gasteiger partial charge < -0.3 is 19.9 Å². The maximum Gasteiger partial charge on any atom is 0.164 e. The molecule has 1 aliphatic heterocycles. The normalized spacial score (nSPS) is 19.9. The summed E-state index contributed by atoms with van der Waals surface area (Å²) in [6, 6.07) is 6.08. The van der Waals surface area contributed by atoms with Crippen LogP contribution in [0.2, 0.25) is 0 Å². The third-order valence-electron chi connectivity index (χ3n) is 3.34. The van der Waals surface area contributed by atoms with Gasteiger partial charge in [-0.1, -0.05) is 12.1 Å². The van der Waals surface area contributed by atoms with Crippen LogP contribution in [0.3, 0.4) is 0 Å². The molecule has 1 aliphatic rings. The van der Waals surface area contributed by atoms with E-state index in [4.69, 9.17) is 19.9 Å². The van der Waals surface area contributed by atoms with Crippen molar-refractivity contribution in [1.82, 2.24) is 0 Å². The van der Waals surface area contributed by atoms with Crippen LogP contribution in [-0.2, 0) is 11.2 Å². The van der Waals surface area contributed by atoms with Crippen LogP contribution in [0, 0.1) is 0 Å². The fraction of sp³-hybridized carbons (Fsp3) is 0.625. The van der Waals surface area contributed by atoms with Crippen LogP contribution in [0.1, 0.15) is 32.3 Å². The van der Waals surface area contributed by atoms with E-state index in [1.165, 1.54) is 0 Å². The van der Waals surface area contributed by atoms with Crippen LogP contribution < -0.4 is 15.2 Å². The summed E-state index contributed by atoms with van der Waals surface area (Å²) < 4.78 is 17.3. The maximum atomic E-state index is 6.00. The molecule has 0 amide bonds. The Morgan fingerprint density at radius 3 is 2.90 bits per heavy atom. The predicted octanol–water partition coefficient (Wildman–Crippen LogP) is 2.53. The summed E-state index contributed by atoms with van der Waals surface area (Å²) in [5.41, 5.74) is 7.02. The Balaban J connectivity index is 2.11. The van der Waals surface area contributed by atoms with Crippen molar-refractivity contribution in [3.05, 3.63) is 23.8 Å². The van der Waals surface area contributed by atoms with Crippen molar-refractivity contribution >= 4 is 0 Å². The Hall–Kier alpha value is -1.26. The Morgan fingerprint density at radius 2 is 2.25 bits per heavy atom. The molecule has 1 saturated heterocycles. The van der Waals surface area contributed by atoms with E-state index in [2.05, 4.69) is 6.07 Å². The van der Waals surface area contributed by atoms with E-state index in [1.807, 2.05) is 26.0 Å². The lowest BCUT2D eigenvalue weighted by atomic mass is 10.1. The summed E-state index contributed by atoms with van der Waals surface area (Å²) >= 11 is 0. The Kier molecular flexibility index (Phi) is 5.68. The fourth-order valence-corrected chi connectivity index (χ4v) is 2.45. The second-order valence-corrected chi connectivity index (χ2v) is 5.30. The lowest BCUT2D eigenvalue weighted by Crippen LogP contribution is -2.20. The van der Waals surface area contributed by atoms with E-state index in [-0.39, 0.29) is 12.1 Å². The molecule has 2 N–H and O–H groups in total. The van der Waals surface area contributed by atoms with Crippen molar-refractivity contribution in [3.63, 3.8) is 0 Å². The monoisotopic (exact) mass is 279 g/mol. The number of para-hydroxylation sites is 1. The third kappa shape index (κ3) is 4.12. The van der Waals surface area contributed by atoms with E-state index in [0.29, 0.717) is 13.2 Å². The minimum Gasteiger partial charge on any atom is -0.490 e. The van der Waals surface area contributed by atoms with Crippen LogP contribution in [0.15, 0.2) is 18.2 Å². The molecule has 1 fully saturated rings. The van der Waals surface area contributed by atoms with Gasteiger partial charge in [0, 0.05) is 12.6 Å². The first-order valence-corrected chi connectivity index (χ1v) is 7.45. The third-order valence-corrected chi connectivity index (χ3v) is 3.34. The van der Waals surface area contributed by atoms with E-state index in [0.717, 1.165) is 42.9 Å². The number of hydrogen-bond donors (Lipinski definition) is 1. The van der Waals surface area contributed by atoms with Crippen LogP contribution in [0.5, 0.6) is 11.5 Å². The van der Waals surface area contributed by atoms with Gasteiger partial charge in [-0.25, -0.2) is 0 Å². The van der Waals surface area contributed by atoms with E-state index >= 15 is 0 Å². The molecule has 0 radical (unpaired) electrons. The van der Waals surface area contributed by atoms with Gasteiger partial charge in [0.05, 0.1) is 12.7 Å². The highest BCUT2D eigenvalue weighted by atomic mass is 16.5. The van der Waals surface area contributed by atoms with Gasteiger partial charge in [-0.05, 0) is 44.7 Å². The van der Waals surface area contributed by atoms with Crippen LogP contribution in [0.4, 0.5) is 0 Å². The molecule has 20 heavy (non-hydrogen) atoms. The molecule has 0 bridgehead atoms. The smallest absolute Gasteiger partial charge is 0.164 e. The molecule has 0 saturated carbocycles. The summed E-state index contributed by atoms with van der Waals surface area (Å²) in [5, 5.41) is 0. The van der Waals surface area contributed by atoms with E-state index in [1.54, 1.807) is 0 Å². The van der Waals surface area contributed by atoms with Crippen LogP contribution in [0.25, 0.3) is 0 Å². The largest absolute Gasteiger partial charge is 0.490 e. The standard InChI is InChI=1S/C16H25NO3/c1-3-18-15-8-4-6-13(10-12(2)17)16(15)20-11-14-7-5-9-19-14/h4,6,8,12,14H,3,5,7,9-11,17H2,1-2H3. The molecule has 2 unspecified atom stereocenters. The maximum absolute atomic E-state index is 6.00. The zero-order valence-corrected chi connectivity index (χ0v) is 12.4. The molecule has 4 nitrogen and oxygen atoms in total. The molecule has 0 spiro atoms. The zero-order chi connectivity index (χ0) is 14.4. The number of benzene rings is 1. The molecule has 2 atom stereocenters. The molecule has 1 aromatic rings. The fourth-order valence-electron chi connectivity index (χ4n) is 2.45. The number of hydrogen-bond acceptors (Lipinski definition) is 4. The highest BCUT2D eigenvalue weighted by Crippen LogP contribution is 2.32. The lowest BCUT2D eigenvalue weighted by molar-refractivity contribution is 0.0663. The second kappa shape index (κ2) is 7.50. The average molecular weight is 279 g/mol. The van der Waals surface area contributed by atoms with Crippen molar-refractivity contribution in [2.24, 2.45) is 5.73 Å². The van der Waals surface area contributed by atoms with Gasteiger partial charge in [0.2, 0.25) is 0 Å². The van der Waals surface area contributed by atoms with Gasteiger partial charge in [0.1, 0.15) is 6.61 Å². The van der Waals surface area contributed by atoms with Gasteiger partial charge in [0.15, 0.2) is 11.5 Å². The topological polar surface area (TPSA) is 53.7 Å². The van der Waals surface area contributed by atoms with Gasteiger partial charge in [-0.3, -0.25) is 0 Å². The summed E-state index contributed by atoms with van der Waals surface area (Å²) in [6.07, 6.45) is 3.17. The molecule has 112 valence electrons. The highest BCUT2D eigenvalue weighted by Gasteiger charge is 2.19. The SMILES string of the molecule is CCOc1cccc(CC(C)N)c1OCC1CCCO1. The first-order chi connectivity index (χ1) is 9.70. The summed E-state index contributed by atoms with van der Waals surface area (Å²) in [5.74, 6) is 1.62. The number of ether oxygens (including phenoxy) is 3. The summed E-state index contributed by atoms with van der Waals surface area (Å²) in [6.45, 7) is 6.01. The number of rotatable bonds is 7. The molecule has 1 heterocycles. The highest BCUT2D eigenvalue weighted by molar-refractivity contribution is 5.47. The minimum atomic E-state index is 0.0944. The van der Waals surface area contributed by atoms with Crippen LogP contribution in [-0.4, -0.2) is 32.0 Å². The molecular formula is C16H25NO3. The first kappa shape index (κ1) is 15.1. The van der Waals surface area contributed by atoms with Crippen molar-refractivity contribution < 1.29 is 14.2 Å². The zero-order valence-electron chi connectivity index (χ0n) is 12.4. The molecule has 4 heteroatoms. The Bertz CT molecular complexity index is 414. The van der Waals surface area contributed by atoms with Gasteiger partial charge in [-0.2, -0.15) is 0 Å². The summed E-state index contributed by atoms with van der Waals surface area (Å²) in [7, 11) is 0. The van der Waals surface area contributed by atoms with Crippen LogP contribution >= 0.6 is 0 Å². The van der Waals surface area contributed by atoms with Gasteiger partial charge in [-0.15, -0.1) is 0 Å². The molecule has 0 aliphatic carbocycles. The number of nitrogens with two attached hydrogens (primary N) is 1. The second-order valence-electron chi connectivity index (χ2n) is 5.30. The average Bonchev–Trinajstić information content (AvgIpc) is 2.91. The van der Waals surface area contributed by atoms with Crippen molar-refractivity contribution in [1.29, 1.82) is 0 Å². The van der Waals surface area contributed by atoms with Gasteiger partial charge in [0.25, 0.3) is 0 Å². The lowest BCUT2D eigenvalue weighted by Gasteiger charge is -2.18. The molecule has 2 rings (SSSR count). The first-order valence-electron chi connectivity index (χ1n) is 7.45. The molecule has 0 aromatic heterocycles. The van der Waals surface area contributed by atoms with Crippen molar-refractivity contribution in [2.45, 2.75) is 45.3 Å². The minimum absolute atomic E-state index is 0.0944. The van der Waals surface area contributed by atoms with Gasteiger partial charge >= 0.3 is 0 Å². The quantitative estimate of drug-likeness (QED) is 0.833. The summed E-state index contributed by atoms with van der Waals surface area (Å²) in [4.78, 5) is 0. The molecular weight excluding hydrogens is 254 g/mol. The van der Waals surface area contributed by atoms with E-state index in [9.17, 15) is 0 Å². The van der Waals surface area contributed by atoms with Crippen molar-refractivity contribution in [2.75, 3.05) is 19.8 Å².